The van der Waals surface area contributed by atoms with Crippen molar-refractivity contribution >= 4 is 11.9 Å². The van der Waals surface area contributed by atoms with Crippen LogP contribution in [0.15, 0.2) is 97.6 Å². The maximum absolute atomic E-state index is 14.4. The fourth-order valence-electron chi connectivity index (χ4n) is 8.41. The molecule has 6 aromatic rings. The number of nitrogens with zero attached hydrogens (tertiary/aromatic N) is 4. The molecule has 0 aliphatic heterocycles. The van der Waals surface area contributed by atoms with E-state index in [4.69, 9.17) is 14.2 Å². The number of hydrogen-bond acceptors (Lipinski definition) is 11. The number of aromatic nitrogens is 4. The molecule has 0 bridgehead atoms. The average molecular weight is 981 g/mol. The Morgan fingerprint density at radius 3 is 1.37 bits per heavy atom. The number of carboxylic acids is 1. The van der Waals surface area contributed by atoms with E-state index in [1.165, 1.54) is 98.1 Å². The molecule has 2 aliphatic rings. The first-order chi connectivity index (χ1) is 32.6. The van der Waals surface area contributed by atoms with Crippen LogP contribution in [-0.2, 0) is 36.6 Å². The highest BCUT2D eigenvalue weighted by Crippen LogP contribution is 2.60. The highest BCUT2D eigenvalue weighted by molar-refractivity contribution is 5.94. The van der Waals surface area contributed by atoms with Crippen LogP contribution in [0.1, 0.15) is 70.7 Å². The molecule has 70 heavy (non-hydrogen) atoms. The van der Waals surface area contributed by atoms with E-state index in [1.807, 2.05) is 0 Å². The van der Waals surface area contributed by atoms with Crippen molar-refractivity contribution in [2.75, 3.05) is 19.8 Å². The summed E-state index contributed by atoms with van der Waals surface area (Å²) in [6.45, 7) is 10.6. The smallest absolute Gasteiger partial charge is 0.425 e. The van der Waals surface area contributed by atoms with Gasteiger partial charge < -0.3 is 39.7 Å². The van der Waals surface area contributed by atoms with Crippen LogP contribution in [0, 0.1) is 0 Å². The summed E-state index contributed by atoms with van der Waals surface area (Å²) >= 11 is 0. The number of halogens is 6. The number of aliphatic carboxylic acids is 1. The summed E-state index contributed by atoms with van der Waals surface area (Å²) in [6.07, 6.45) is -6.05. The molecule has 20 heteroatoms. The lowest BCUT2D eigenvalue weighted by Gasteiger charge is -2.28. The maximum atomic E-state index is 14.4. The number of ether oxygens (including phenoxy) is 3. The van der Waals surface area contributed by atoms with Gasteiger partial charge >= 0.3 is 24.3 Å². The number of alkyl halides is 6. The van der Waals surface area contributed by atoms with Crippen LogP contribution in [0.25, 0.3) is 44.5 Å². The lowest BCUT2D eigenvalue weighted by Crippen LogP contribution is -2.41. The number of esters is 1. The summed E-state index contributed by atoms with van der Waals surface area (Å²) in [5.41, 5.74) is -8.44. The highest BCUT2D eigenvalue weighted by atomic mass is 19.4. The van der Waals surface area contributed by atoms with E-state index < -0.39 is 64.3 Å². The molecule has 4 atom stereocenters. The zero-order chi connectivity index (χ0) is 51.5. The number of aliphatic hydroxyl groups is 4. The van der Waals surface area contributed by atoms with E-state index in [1.54, 1.807) is 45.2 Å². The highest BCUT2D eigenvalue weighted by Gasteiger charge is 2.62. The van der Waals surface area contributed by atoms with E-state index in [9.17, 15) is 61.5 Å². The molecule has 14 nitrogen and oxygen atoms in total. The molecule has 2 heterocycles. The number of carbonyl (C=O) groups is 2. The van der Waals surface area contributed by atoms with Gasteiger partial charge in [-0.3, -0.25) is 9.36 Å². The molecule has 0 spiro atoms. The summed E-state index contributed by atoms with van der Waals surface area (Å²) in [6, 6.07) is 16.8. The second-order valence-electron chi connectivity index (χ2n) is 18.1. The summed E-state index contributed by atoms with van der Waals surface area (Å²) < 4.78 is 105. The second-order valence-corrected chi connectivity index (χ2v) is 18.1. The molecule has 0 fully saturated rings. The predicted octanol–water partition coefficient (Wildman–Crippen LogP) is 8.29. The van der Waals surface area contributed by atoms with Crippen molar-refractivity contribution in [3.8, 4) is 56.0 Å². The van der Waals surface area contributed by atoms with Gasteiger partial charge in [0.25, 0.3) is 0 Å². The quantitative estimate of drug-likeness (QED) is 0.0549. The van der Waals surface area contributed by atoms with Crippen LogP contribution in [0.2, 0.25) is 0 Å². The van der Waals surface area contributed by atoms with Gasteiger partial charge in [0.1, 0.15) is 24.7 Å². The third kappa shape index (κ3) is 8.66. The molecular formula is C50H50F6N4O10. The Morgan fingerprint density at radius 1 is 0.629 bits per heavy atom. The summed E-state index contributed by atoms with van der Waals surface area (Å²) in [7, 11) is 0. The summed E-state index contributed by atoms with van der Waals surface area (Å²) in [4.78, 5) is 24.1. The Balaban J connectivity index is 0.000000207. The zero-order valence-electron chi connectivity index (χ0n) is 38.8. The topological polar surface area (TPSA) is 199 Å². The molecule has 2 aromatic heterocycles. The normalized spacial score (nSPS) is 18.1. The van der Waals surface area contributed by atoms with Crippen LogP contribution < -0.4 is 9.47 Å². The number of benzene rings is 4. The summed E-state index contributed by atoms with van der Waals surface area (Å²) in [5, 5.41) is 59.4. The average Bonchev–Trinajstić information content (AvgIpc) is 4.10. The van der Waals surface area contributed by atoms with Crippen LogP contribution in [0.4, 0.5) is 26.3 Å². The minimum atomic E-state index is -5.04. The largest absolute Gasteiger partial charge is 0.491 e. The number of rotatable bonds is 13. The van der Waals surface area contributed by atoms with Crippen molar-refractivity contribution in [3.05, 3.63) is 120 Å². The first kappa shape index (κ1) is 51.1. The zero-order valence-corrected chi connectivity index (χ0v) is 38.8. The third-order valence-corrected chi connectivity index (χ3v) is 12.2. The molecule has 0 radical (unpaired) electrons. The van der Waals surface area contributed by atoms with E-state index in [2.05, 4.69) is 10.2 Å². The predicted molar refractivity (Wildman–Crippen MR) is 242 cm³/mol. The Hall–Kier alpha value is -6.74. The second kappa shape index (κ2) is 18.2. The minimum Gasteiger partial charge on any atom is -0.491 e. The lowest BCUT2D eigenvalue weighted by atomic mass is 9.89. The molecule has 5 N–H and O–H groups in total. The van der Waals surface area contributed by atoms with Gasteiger partial charge in [0, 0.05) is 45.8 Å². The maximum Gasteiger partial charge on any atom is 0.425 e. The van der Waals surface area contributed by atoms with Gasteiger partial charge in [-0.2, -0.15) is 36.5 Å². The number of carboxylic acid groups (broad SMARTS) is 1. The molecule has 372 valence electrons. The Morgan fingerprint density at radius 2 is 1.01 bits per heavy atom. The fraction of sp³-hybridized carbons (Fsp3) is 0.360. The van der Waals surface area contributed by atoms with Crippen molar-refractivity contribution in [3.63, 3.8) is 0 Å². The molecule has 0 amide bonds. The number of fused-ring (bicyclic) bond motifs is 6. The van der Waals surface area contributed by atoms with Gasteiger partial charge in [-0.25, -0.2) is 9.59 Å². The van der Waals surface area contributed by atoms with Crippen LogP contribution >= 0.6 is 0 Å². The van der Waals surface area contributed by atoms with Crippen LogP contribution in [0.3, 0.4) is 0 Å². The molecule has 0 unspecified atom stereocenters. The minimum absolute atomic E-state index is 0.00961. The van der Waals surface area contributed by atoms with Crippen molar-refractivity contribution < 1.29 is 75.7 Å². The molecule has 0 saturated carbocycles. The van der Waals surface area contributed by atoms with Gasteiger partial charge in [0.05, 0.1) is 31.2 Å². The standard InChI is InChI=1S/C26H27F3N2O5.C24H23F3N2O5/c1-5-35-23(33)24(3,4)31-13-16(12-30-31)19-10-17(36-14-15(2)32)11-21-22(19)18-8-6-7-9-20(18)25(21,34)26(27,28)29;1-13(30)12-34-15-8-17(14-10-28-29(11-14)22(2,3)21(31)32)20-16-6-4-5-7-18(16)23(33,19(20)9-15)24(25,26)27/h6-13,15,32,34H,5,14H2,1-4H3;4-11,13,30,33H,12H2,1-3H3,(H,31,32)/t15-,25+;13-,23+/m00/s1. The third-order valence-electron chi connectivity index (χ3n) is 12.2. The van der Waals surface area contributed by atoms with E-state index in [0.717, 1.165) is 12.1 Å². The number of carbonyl (C=O) groups excluding carboxylic acids is 1. The van der Waals surface area contributed by atoms with Gasteiger partial charge in [-0.1, -0.05) is 48.5 Å². The molecule has 4 aromatic carbocycles. The summed E-state index contributed by atoms with van der Waals surface area (Å²) in [5.74, 6) is -1.61. The molecule has 8 rings (SSSR count). The van der Waals surface area contributed by atoms with Gasteiger partial charge in [-0.15, -0.1) is 0 Å². The van der Waals surface area contributed by atoms with E-state index in [0.29, 0.717) is 16.7 Å². The van der Waals surface area contributed by atoms with E-state index >= 15 is 0 Å². The van der Waals surface area contributed by atoms with Crippen LogP contribution in [0.5, 0.6) is 11.5 Å². The van der Waals surface area contributed by atoms with Crippen molar-refractivity contribution in [1.82, 2.24) is 19.6 Å². The van der Waals surface area contributed by atoms with E-state index in [-0.39, 0.29) is 75.8 Å². The molecule has 0 saturated heterocycles. The van der Waals surface area contributed by atoms with Crippen molar-refractivity contribution in [1.29, 1.82) is 0 Å². The monoisotopic (exact) mass is 980 g/mol. The number of hydrogen-bond donors (Lipinski definition) is 5. The first-order valence-electron chi connectivity index (χ1n) is 21.9. The van der Waals surface area contributed by atoms with Crippen LogP contribution in [-0.4, -0.2) is 101 Å². The van der Waals surface area contributed by atoms with Gasteiger partial charge in [0.2, 0.25) is 11.2 Å². The molecule has 2 aliphatic carbocycles. The van der Waals surface area contributed by atoms with Crippen molar-refractivity contribution in [2.45, 2.75) is 95.3 Å². The SMILES string of the molecule is CCOC(=O)C(C)(C)n1cc(-c2cc(OC[C@H](C)O)cc3c2-c2ccccc2[C@]3(O)C(F)(F)F)cn1.C[C@H](O)COc1cc(-c2cnn(C(C)(C)C(=O)O)c2)c2c(c1)[C@@](O)(C(F)(F)F)c1ccccc1-2. The Kier molecular flexibility index (Phi) is 13.3. The Bertz CT molecular complexity index is 2960. The van der Waals surface area contributed by atoms with Gasteiger partial charge in [-0.05, 0) is 106 Å². The molecular weight excluding hydrogens is 931 g/mol. The lowest BCUT2D eigenvalue weighted by molar-refractivity contribution is -0.247. The number of aliphatic hydroxyl groups excluding tert-OH is 2. The fourth-order valence-corrected chi connectivity index (χ4v) is 8.41. The Labute approximate surface area is 397 Å². The van der Waals surface area contributed by atoms with Gasteiger partial charge in [0.15, 0.2) is 11.1 Å². The first-order valence-corrected chi connectivity index (χ1v) is 21.9. The van der Waals surface area contributed by atoms with Crippen molar-refractivity contribution in [2.24, 2.45) is 0 Å².